The van der Waals surface area contributed by atoms with Gasteiger partial charge >= 0.3 is 0 Å². The molecule has 0 bridgehead atoms. The van der Waals surface area contributed by atoms with E-state index >= 15 is 0 Å². The summed E-state index contributed by atoms with van der Waals surface area (Å²) < 4.78 is 5.20. The largest absolute Gasteiger partial charge is 0.472 e. The van der Waals surface area contributed by atoms with Gasteiger partial charge in [0.1, 0.15) is 16.9 Å². The van der Waals surface area contributed by atoms with E-state index in [9.17, 15) is 0 Å². The van der Waals surface area contributed by atoms with E-state index in [0.717, 1.165) is 44.5 Å². The lowest BCUT2D eigenvalue weighted by Crippen LogP contribution is -1.90. The predicted octanol–water partition coefficient (Wildman–Crippen LogP) is 3.80. The number of aromatic amines is 2. The summed E-state index contributed by atoms with van der Waals surface area (Å²) in [7, 11) is 0. The average molecular weight is 394 g/mol. The molecule has 0 saturated carbocycles. The molecule has 30 heavy (non-hydrogen) atoms. The van der Waals surface area contributed by atoms with Crippen molar-refractivity contribution in [2.75, 3.05) is 5.73 Å². The number of furan rings is 1. The zero-order chi connectivity index (χ0) is 20.1. The van der Waals surface area contributed by atoms with Gasteiger partial charge in [0.25, 0.3) is 0 Å². The van der Waals surface area contributed by atoms with Crippen LogP contribution in [0.2, 0.25) is 0 Å². The molecule has 9 heteroatoms. The fraction of sp³-hybridized carbons (Fsp3) is 0. The monoisotopic (exact) mass is 394 g/mol. The van der Waals surface area contributed by atoms with Gasteiger partial charge < -0.3 is 15.1 Å². The molecule has 0 spiro atoms. The van der Waals surface area contributed by atoms with Gasteiger partial charge in [0.05, 0.1) is 41.1 Å². The molecular formula is C21H14N8O. The highest BCUT2D eigenvalue weighted by molar-refractivity contribution is 5.96. The number of H-pyrrole nitrogens is 2. The van der Waals surface area contributed by atoms with Crippen molar-refractivity contribution >= 4 is 27.6 Å². The Balaban J connectivity index is 1.52. The number of rotatable bonds is 3. The normalized spacial score (nSPS) is 11.5. The van der Waals surface area contributed by atoms with Crippen molar-refractivity contribution in [2.24, 2.45) is 0 Å². The lowest BCUT2D eigenvalue weighted by molar-refractivity contribution is 0.568. The molecular weight excluding hydrogens is 380 g/mol. The second-order valence-corrected chi connectivity index (χ2v) is 6.85. The second kappa shape index (κ2) is 6.24. The van der Waals surface area contributed by atoms with Crippen molar-refractivity contribution in [3.63, 3.8) is 0 Å². The number of nitrogens with one attached hydrogen (secondary N) is 2. The van der Waals surface area contributed by atoms with Crippen LogP contribution in [0.15, 0.2) is 66.0 Å². The number of aromatic nitrogens is 7. The van der Waals surface area contributed by atoms with E-state index in [-0.39, 0.29) is 0 Å². The molecule has 144 valence electrons. The summed E-state index contributed by atoms with van der Waals surface area (Å²) in [6.07, 6.45) is 10.1. The van der Waals surface area contributed by atoms with Crippen LogP contribution in [0.4, 0.5) is 5.69 Å². The molecule has 0 fully saturated rings. The van der Waals surface area contributed by atoms with Crippen molar-refractivity contribution in [1.82, 2.24) is 35.1 Å². The molecule has 6 heterocycles. The van der Waals surface area contributed by atoms with Gasteiger partial charge in [-0.2, -0.15) is 5.10 Å². The van der Waals surface area contributed by atoms with Crippen LogP contribution in [-0.2, 0) is 0 Å². The molecule has 0 aliphatic carbocycles. The van der Waals surface area contributed by atoms with Crippen molar-refractivity contribution in [3.8, 4) is 34.0 Å². The van der Waals surface area contributed by atoms with Crippen LogP contribution < -0.4 is 5.73 Å². The minimum absolute atomic E-state index is 0.582. The van der Waals surface area contributed by atoms with Crippen LogP contribution >= 0.6 is 0 Å². The Bertz CT molecular complexity index is 1510. The van der Waals surface area contributed by atoms with Crippen LogP contribution in [0, 0.1) is 0 Å². The Morgan fingerprint density at radius 3 is 2.77 bits per heavy atom. The number of nitrogens with zero attached hydrogens (tertiary/aromatic N) is 5. The second-order valence-electron chi connectivity index (χ2n) is 6.85. The fourth-order valence-corrected chi connectivity index (χ4v) is 3.51. The summed E-state index contributed by atoms with van der Waals surface area (Å²) in [5, 5.41) is 8.38. The van der Waals surface area contributed by atoms with E-state index in [2.05, 4.69) is 30.1 Å². The van der Waals surface area contributed by atoms with Gasteiger partial charge in [-0.1, -0.05) is 0 Å². The van der Waals surface area contributed by atoms with E-state index < -0.39 is 0 Å². The predicted molar refractivity (Wildman–Crippen MR) is 112 cm³/mol. The molecule has 6 rings (SSSR count). The SMILES string of the molecule is Nc1cncc(-c2cc3c(-c4nc5c(-c6ccoc6)nccc5[nH]4)n[nH]c3cn2)c1. The van der Waals surface area contributed by atoms with Crippen molar-refractivity contribution in [2.45, 2.75) is 0 Å². The molecule has 0 saturated heterocycles. The summed E-state index contributed by atoms with van der Waals surface area (Å²) in [5.74, 6) is 0.636. The lowest BCUT2D eigenvalue weighted by Gasteiger charge is -2.02. The minimum atomic E-state index is 0.582. The summed E-state index contributed by atoms with van der Waals surface area (Å²) in [5.41, 5.74) is 12.8. The van der Waals surface area contributed by atoms with Gasteiger partial charge in [0.2, 0.25) is 0 Å². The lowest BCUT2D eigenvalue weighted by atomic mass is 10.1. The van der Waals surface area contributed by atoms with Gasteiger partial charge in [0.15, 0.2) is 5.82 Å². The summed E-state index contributed by atoms with van der Waals surface area (Å²) in [4.78, 5) is 21.2. The van der Waals surface area contributed by atoms with Gasteiger partial charge in [-0.25, -0.2) is 4.98 Å². The molecule has 0 radical (unpaired) electrons. The van der Waals surface area contributed by atoms with Crippen LogP contribution in [0.1, 0.15) is 0 Å². The third-order valence-corrected chi connectivity index (χ3v) is 4.92. The quantitative estimate of drug-likeness (QED) is 0.415. The van der Waals surface area contributed by atoms with Crippen molar-refractivity contribution < 1.29 is 4.42 Å². The Morgan fingerprint density at radius 2 is 1.90 bits per heavy atom. The molecule has 9 nitrogen and oxygen atoms in total. The maximum Gasteiger partial charge on any atom is 0.159 e. The number of nitrogen functional groups attached to an aromatic ring is 1. The molecule has 0 aliphatic heterocycles. The van der Waals surface area contributed by atoms with Crippen LogP contribution in [0.5, 0.6) is 0 Å². The summed E-state index contributed by atoms with van der Waals surface area (Å²) in [6, 6.07) is 7.53. The number of pyridine rings is 3. The smallest absolute Gasteiger partial charge is 0.159 e. The number of anilines is 1. The first-order valence-corrected chi connectivity index (χ1v) is 9.19. The molecule has 4 N–H and O–H groups in total. The van der Waals surface area contributed by atoms with Gasteiger partial charge in [0, 0.05) is 35.1 Å². The third-order valence-electron chi connectivity index (χ3n) is 4.92. The topological polar surface area (TPSA) is 135 Å². The van der Waals surface area contributed by atoms with E-state index in [0.29, 0.717) is 17.2 Å². The van der Waals surface area contributed by atoms with Gasteiger partial charge in [-0.05, 0) is 24.3 Å². The Hall–Kier alpha value is -4.53. The first kappa shape index (κ1) is 16.4. The highest BCUT2D eigenvalue weighted by Gasteiger charge is 2.17. The Kier molecular flexibility index (Phi) is 3.42. The summed E-state index contributed by atoms with van der Waals surface area (Å²) >= 11 is 0. The van der Waals surface area contributed by atoms with Crippen molar-refractivity contribution in [1.29, 1.82) is 0 Å². The zero-order valence-corrected chi connectivity index (χ0v) is 15.5. The van der Waals surface area contributed by atoms with Crippen LogP contribution in [0.3, 0.4) is 0 Å². The van der Waals surface area contributed by atoms with Gasteiger partial charge in [-0.3, -0.25) is 20.1 Å². The summed E-state index contributed by atoms with van der Waals surface area (Å²) in [6.45, 7) is 0. The maximum atomic E-state index is 5.87. The third kappa shape index (κ3) is 2.53. The van der Waals surface area contributed by atoms with E-state index in [4.69, 9.17) is 15.1 Å². The number of nitrogens with two attached hydrogens (primary N) is 1. The average Bonchev–Trinajstić information content (AvgIpc) is 3.51. The van der Waals surface area contributed by atoms with Gasteiger partial charge in [-0.15, -0.1) is 0 Å². The minimum Gasteiger partial charge on any atom is -0.472 e. The molecule has 0 aromatic carbocycles. The first-order valence-electron chi connectivity index (χ1n) is 9.19. The van der Waals surface area contributed by atoms with Crippen molar-refractivity contribution in [3.05, 3.63) is 61.6 Å². The molecule has 6 aromatic heterocycles. The molecule has 0 atom stereocenters. The Labute approximate surface area is 169 Å². The number of fused-ring (bicyclic) bond motifs is 2. The first-order chi connectivity index (χ1) is 14.8. The number of hydrogen-bond acceptors (Lipinski definition) is 7. The maximum absolute atomic E-state index is 5.87. The highest BCUT2D eigenvalue weighted by atomic mass is 16.3. The molecule has 0 amide bonds. The molecule has 6 aromatic rings. The Morgan fingerprint density at radius 1 is 0.933 bits per heavy atom. The number of imidazole rings is 1. The number of hydrogen-bond donors (Lipinski definition) is 3. The highest BCUT2D eigenvalue weighted by Crippen LogP contribution is 2.31. The zero-order valence-electron chi connectivity index (χ0n) is 15.5. The van der Waals surface area contributed by atoms with E-state index in [1.165, 1.54) is 0 Å². The van der Waals surface area contributed by atoms with E-state index in [1.807, 2.05) is 24.3 Å². The fourth-order valence-electron chi connectivity index (χ4n) is 3.51. The van der Waals surface area contributed by atoms with E-state index in [1.54, 1.807) is 37.3 Å². The standard InChI is InChI=1S/C21H14N8O/c22-13-5-12(7-23-8-13)16-6-14-17(9-25-16)28-29-19(14)21-26-15-1-3-24-18(20(15)27-21)11-2-4-30-10-11/h1-10H,22H2,(H,26,27)(H,28,29). The molecule has 0 unspecified atom stereocenters. The van der Waals surface area contributed by atoms with Crippen LogP contribution in [-0.4, -0.2) is 35.1 Å². The molecule has 0 aliphatic rings. The van der Waals surface area contributed by atoms with Crippen LogP contribution in [0.25, 0.3) is 56.0 Å².